The van der Waals surface area contributed by atoms with Gasteiger partial charge in [-0.15, -0.1) is 11.3 Å². The van der Waals surface area contributed by atoms with E-state index in [2.05, 4.69) is 44.0 Å². The van der Waals surface area contributed by atoms with E-state index < -0.39 is 0 Å². The summed E-state index contributed by atoms with van der Waals surface area (Å²) in [5.74, 6) is -0.0308. The fourth-order valence-corrected chi connectivity index (χ4v) is 5.76. The second kappa shape index (κ2) is 7.37. The van der Waals surface area contributed by atoms with Gasteiger partial charge < -0.3 is 4.42 Å². The van der Waals surface area contributed by atoms with Gasteiger partial charge in [0.15, 0.2) is 11.6 Å². The van der Waals surface area contributed by atoms with E-state index in [1.54, 1.807) is 29.5 Å². The average Bonchev–Trinajstić information content (AvgIpc) is 3.42. The van der Waals surface area contributed by atoms with Crippen molar-refractivity contribution in [3.63, 3.8) is 0 Å². The number of carbonyl (C=O) groups excluding carboxylic acids is 2. The molecule has 0 amide bonds. The maximum absolute atomic E-state index is 13.1. The van der Waals surface area contributed by atoms with Crippen molar-refractivity contribution in [2.24, 2.45) is 0 Å². The smallest absolute Gasteiger partial charge is 0.197 e. The number of furan rings is 1. The third-order valence-corrected chi connectivity index (χ3v) is 8.52. The van der Waals surface area contributed by atoms with Crippen LogP contribution in [0.1, 0.15) is 26.5 Å². The first-order valence-corrected chi connectivity index (χ1v) is 12.2. The monoisotopic (exact) mass is 562 g/mol. The molecule has 1 aliphatic carbocycles. The van der Waals surface area contributed by atoms with Crippen LogP contribution >= 0.6 is 43.2 Å². The SMILES string of the molecule is O=C1C(=Cc2cc3sc(-c4ccccc4)cc3o2)C(=O)c2cc3cc(Br)c(Br)cc3cc21. The van der Waals surface area contributed by atoms with Gasteiger partial charge in [0, 0.05) is 37.1 Å². The van der Waals surface area contributed by atoms with Crippen molar-refractivity contribution in [1.29, 1.82) is 0 Å². The predicted octanol–water partition coefficient (Wildman–Crippen LogP) is 8.30. The van der Waals surface area contributed by atoms with E-state index >= 15 is 0 Å². The van der Waals surface area contributed by atoms with E-state index in [4.69, 9.17) is 4.42 Å². The summed E-state index contributed by atoms with van der Waals surface area (Å²) in [4.78, 5) is 27.2. The molecule has 5 aromatic rings. The highest BCUT2D eigenvalue weighted by Gasteiger charge is 2.34. The molecule has 6 heteroatoms. The topological polar surface area (TPSA) is 47.3 Å². The van der Waals surface area contributed by atoms with E-state index in [1.807, 2.05) is 42.5 Å². The minimum Gasteiger partial charge on any atom is -0.456 e. The third-order valence-electron chi connectivity index (χ3n) is 5.57. The molecule has 0 bridgehead atoms. The van der Waals surface area contributed by atoms with E-state index in [-0.39, 0.29) is 17.1 Å². The second-order valence-corrected chi connectivity index (χ2v) is 10.4. The van der Waals surface area contributed by atoms with E-state index in [1.165, 1.54) is 0 Å². The van der Waals surface area contributed by atoms with Crippen LogP contribution in [-0.2, 0) is 0 Å². The molecule has 0 saturated heterocycles. The number of allylic oxidation sites excluding steroid dienone is 1. The van der Waals surface area contributed by atoms with Crippen LogP contribution in [0.25, 0.3) is 37.6 Å². The van der Waals surface area contributed by atoms with Crippen molar-refractivity contribution < 1.29 is 14.0 Å². The Labute approximate surface area is 203 Å². The Morgan fingerprint density at radius 1 is 0.781 bits per heavy atom. The highest BCUT2D eigenvalue weighted by molar-refractivity contribution is 9.13. The Kier molecular flexibility index (Phi) is 4.57. The summed E-state index contributed by atoms with van der Waals surface area (Å²) in [6.45, 7) is 0. The molecule has 0 unspecified atom stereocenters. The molecule has 2 heterocycles. The van der Waals surface area contributed by atoms with Crippen molar-refractivity contribution in [1.82, 2.24) is 0 Å². The lowest BCUT2D eigenvalue weighted by atomic mass is 10.0. The number of Topliss-reactive ketones (excluding diaryl/α,β-unsaturated/α-hetero) is 2. The molecule has 0 radical (unpaired) electrons. The van der Waals surface area contributed by atoms with Gasteiger partial charge in [0.25, 0.3) is 0 Å². The summed E-state index contributed by atoms with van der Waals surface area (Å²) in [6.07, 6.45) is 1.57. The molecule has 0 N–H and O–H groups in total. The molecule has 32 heavy (non-hydrogen) atoms. The molecule has 1 aliphatic rings. The van der Waals surface area contributed by atoms with Crippen LogP contribution < -0.4 is 0 Å². The summed E-state index contributed by atoms with van der Waals surface area (Å²) >= 11 is 8.60. The van der Waals surface area contributed by atoms with E-state index in [9.17, 15) is 9.59 Å². The zero-order valence-electron chi connectivity index (χ0n) is 16.3. The first-order chi connectivity index (χ1) is 15.5. The average molecular weight is 564 g/mol. The second-order valence-electron chi connectivity index (χ2n) is 7.58. The van der Waals surface area contributed by atoms with E-state index in [0.717, 1.165) is 40.4 Å². The Morgan fingerprint density at radius 2 is 1.41 bits per heavy atom. The number of fused-ring (bicyclic) bond motifs is 3. The summed E-state index contributed by atoms with van der Waals surface area (Å²) < 4.78 is 8.72. The highest BCUT2D eigenvalue weighted by atomic mass is 79.9. The lowest BCUT2D eigenvalue weighted by Crippen LogP contribution is -1.99. The van der Waals surface area contributed by atoms with Crippen molar-refractivity contribution in [2.75, 3.05) is 0 Å². The zero-order valence-corrected chi connectivity index (χ0v) is 20.3. The van der Waals surface area contributed by atoms with Crippen LogP contribution in [0.15, 0.2) is 85.7 Å². The molecular formula is C26H12Br2O3S. The molecule has 6 rings (SSSR count). The molecule has 154 valence electrons. The molecular weight excluding hydrogens is 552 g/mol. The standard InChI is InChI=1S/C26H12Br2O3S/c27-20-8-14-6-17-18(7-15(14)9-21(20)28)26(30)19(25(17)29)10-16-11-24-22(31-16)12-23(32-24)13-4-2-1-3-5-13/h1-12H. The fraction of sp³-hybridized carbons (Fsp3) is 0. The van der Waals surface area contributed by atoms with Gasteiger partial charge >= 0.3 is 0 Å². The molecule has 0 saturated carbocycles. The van der Waals surface area contributed by atoms with Crippen molar-refractivity contribution >= 4 is 81.9 Å². The Balaban J connectivity index is 1.39. The fourth-order valence-electron chi connectivity index (χ4n) is 4.01. The van der Waals surface area contributed by atoms with Crippen LogP contribution in [0.5, 0.6) is 0 Å². The minimum atomic E-state index is -0.268. The number of carbonyl (C=O) groups is 2. The lowest BCUT2D eigenvalue weighted by Gasteiger charge is -2.04. The molecule has 0 spiro atoms. The molecule has 0 aliphatic heterocycles. The first-order valence-electron chi connectivity index (χ1n) is 9.80. The maximum Gasteiger partial charge on any atom is 0.197 e. The van der Waals surface area contributed by atoms with Crippen LogP contribution in [0.3, 0.4) is 0 Å². The zero-order chi connectivity index (χ0) is 22.0. The molecule has 3 aromatic carbocycles. The number of benzene rings is 3. The van der Waals surface area contributed by atoms with Crippen LogP contribution in [-0.4, -0.2) is 11.6 Å². The predicted molar refractivity (Wildman–Crippen MR) is 136 cm³/mol. The van der Waals surface area contributed by atoms with Crippen molar-refractivity contribution in [3.05, 3.63) is 98.1 Å². The first kappa shape index (κ1) is 19.9. The molecule has 2 aromatic heterocycles. The van der Waals surface area contributed by atoms with Crippen LogP contribution in [0.2, 0.25) is 0 Å². The molecule has 0 atom stereocenters. The normalized spacial score (nSPS) is 13.4. The van der Waals surface area contributed by atoms with Gasteiger partial charge in [0.1, 0.15) is 11.3 Å². The van der Waals surface area contributed by atoms with Crippen molar-refractivity contribution in [2.45, 2.75) is 0 Å². The number of halogens is 2. The summed E-state index contributed by atoms with van der Waals surface area (Å²) in [7, 11) is 0. The van der Waals surface area contributed by atoms with Gasteiger partial charge in [-0.3, -0.25) is 9.59 Å². The summed E-state index contributed by atoms with van der Waals surface area (Å²) in [5.41, 5.74) is 2.88. The number of rotatable bonds is 2. The number of hydrogen-bond donors (Lipinski definition) is 0. The Bertz CT molecular complexity index is 1530. The van der Waals surface area contributed by atoms with E-state index in [0.29, 0.717) is 16.9 Å². The summed E-state index contributed by atoms with van der Waals surface area (Å²) in [6, 6.07) is 21.4. The Morgan fingerprint density at radius 3 is 2.00 bits per heavy atom. The lowest BCUT2D eigenvalue weighted by molar-refractivity contribution is 0.0990. The third kappa shape index (κ3) is 3.13. The maximum atomic E-state index is 13.1. The highest BCUT2D eigenvalue weighted by Crippen LogP contribution is 2.38. The van der Waals surface area contributed by atoms with Crippen LogP contribution in [0.4, 0.5) is 0 Å². The van der Waals surface area contributed by atoms with Gasteiger partial charge in [-0.05, 0) is 78.5 Å². The van der Waals surface area contributed by atoms with Gasteiger partial charge in [-0.1, -0.05) is 30.3 Å². The van der Waals surface area contributed by atoms with Gasteiger partial charge in [-0.25, -0.2) is 0 Å². The number of ketones is 2. The summed E-state index contributed by atoms with van der Waals surface area (Å²) in [5, 5.41) is 1.79. The van der Waals surface area contributed by atoms with Gasteiger partial charge in [-0.2, -0.15) is 0 Å². The minimum absolute atomic E-state index is 0.137. The van der Waals surface area contributed by atoms with Gasteiger partial charge in [0.05, 0.1) is 10.3 Å². The Hall–Kier alpha value is -2.80. The van der Waals surface area contributed by atoms with Crippen molar-refractivity contribution in [3.8, 4) is 10.4 Å². The van der Waals surface area contributed by atoms with Gasteiger partial charge in [0.2, 0.25) is 0 Å². The number of hydrogen-bond acceptors (Lipinski definition) is 4. The van der Waals surface area contributed by atoms with Crippen LogP contribution in [0, 0.1) is 0 Å². The largest absolute Gasteiger partial charge is 0.456 e. The number of thiophene rings is 1. The molecule has 0 fully saturated rings. The quantitative estimate of drug-likeness (QED) is 0.160. The molecule has 3 nitrogen and oxygen atoms in total.